The molecule has 1 N–H and O–H groups in total. The number of carbonyl (C=O) groups is 2. The van der Waals surface area contributed by atoms with Gasteiger partial charge in [0.05, 0.1) is 12.0 Å². The van der Waals surface area contributed by atoms with E-state index in [0.717, 1.165) is 0 Å². The van der Waals surface area contributed by atoms with Crippen molar-refractivity contribution in [3.05, 3.63) is 0 Å². The highest BCUT2D eigenvalue weighted by Gasteiger charge is 2.47. The van der Waals surface area contributed by atoms with Crippen LogP contribution in [0.25, 0.3) is 0 Å². The SMILES string of the molecule is CC(C)N(C(=O)CN1CCC(C(=O)O)(C(C)C)C1)C(C)C. The highest BCUT2D eigenvalue weighted by Crippen LogP contribution is 2.38. The first-order valence-electron chi connectivity index (χ1n) is 7.88. The van der Waals surface area contributed by atoms with Gasteiger partial charge in [-0.1, -0.05) is 13.8 Å². The second-order valence-corrected chi connectivity index (χ2v) is 7.07. The molecule has 0 radical (unpaired) electrons. The van der Waals surface area contributed by atoms with Crippen LogP contribution in [0.5, 0.6) is 0 Å². The number of likely N-dealkylation sites (tertiary alicyclic amines) is 1. The van der Waals surface area contributed by atoms with Gasteiger partial charge in [0.1, 0.15) is 0 Å². The average Bonchev–Trinajstić information content (AvgIpc) is 2.72. The molecule has 1 amide bonds. The Kier molecular flexibility index (Phi) is 5.79. The lowest BCUT2D eigenvalue weighted by Gasteiger charge is -2.33. The third kappa shape index (κ3) is 3.76. The Morgan fingerprint density at radius 3 is 2.00 bits per heavy atom. The fourth-order valence-electron chi connectivity index (χ4n) is 3.39. The van der Waals surface area contributed by atoms with Crippen molar-refractivity contribution >= 4 is 11.9 Å². The van der Waals surface area contributed by atoms with Crippen molar-refractivity contribution in [2.24, 2.45) is 11.3 Å². The van der Waals surface area contributed by atoms with E-state index in [0.29, 0.717) is 26.1 Å². The summed E-state index contributed by atoms with van der Waals surface area (Å²) >= 11 is 0. The first-order valence-corrected chi connectivity index (χ1v) is 7.88. The van der Waals surface area contributed by atoms with Crippen LogP contribution in [-0.2, 0) is 9.59 Å². The van der Waals surface area contributed by atoms with Gasteiger partial charge in [-0.15, -0.1) is 0 Å². The number of aliphatic carboxylic acids is 1. The van der Waals surface area contributed by atoms with Gasteiger partial charge in [-0.25, -0.2) is 0 Å². The van der Waals surface area contributed by atoms with Crippen molar-refractivity contribution in [3.8, 4) is 0 Å². The van der Waals surface area contributed by atoms with E-state index in [4.69, 9.17) is 0 Å². The van der Waals surface area contributed by atoms with Gasteiger partial charge in [-0.3, -0.25) is 14.5 Å². The number of nitrogens with zero attached hydrogens (tertiary/aromatic N) is 2. The molecule has 1 atom stereocenters. The minimum absolute atomic E-state index is 0.0707. The summed E-state index contributed by atoms with van der Waals surface area (Å²) in [6.07, 6.45) is 0.622. The Morgan fingerprint density at radius 2 is 1.67 bits per heavy atom. The number of hydrogen-bond acceptors (Lipinski definition) is 3. The van der Waals surface area contributed by atoms with E-state index in [1.54, 1.807) is 0 Å². The summed E-state index contributed by atoms with van der Waals surface area (Å²) < 4.78 is 0. The maximum Gasteiger partial charge on any atom is 0.311 e. The van der Waals surface area contributed by atoms with Gasteiger partial charge < -0.3 is 10.0 Å². The molecule has 1 heterocycles. The molecule has 1 aliphatic rings. The maximum atomic E-state index is 12.5. The lowest BCUT2D eigenvalue weighted by atomic mass is 9.76. The van der Waals surface area contributed by atoms with E-state index in [9.17, 15) is 14.7 Å². The second-order valence-electron chi connectivity index (χ2n) is 7.07. The van der Waals surface area contributed by atoms with Crippen molar-refractivity contribution in [1.82, 2.24) is 9.80 Å². The highest BCUT2D eigenvalue weighted by molar-refractivity contribution is 5.79. The molecule has 0 aliphatic carbocycles. The monoisotopic (exact) mass is 298 g/mol. The van der Waals surface area contributed by atoms with Crippen LogP contribution in [0.2, 0.25) is 0 Å². The van der Waals surface area contributed by atoms with Gasteiger partial charge in [0.15, 0.2) is 0 Å². The van der Waals surface area contributed by atoms with E-state index >= 15 is 0 Å². The van der Waals surface area contributed by atoms with E-state index in [-0.39, 0.29) is 23.9 Å². The Labute approximate surface area is 128 Å². The second kappa shape index (κ2) is 6.77. The normalized spacial score (nSPS) is 23.3. The Balaban J connectivity index is 2.74. The zero-order chi connectivity index (χ0) is 16.4. The molecule has 0 bridgehead atoms. The van der Waals surface area contributed by atoms with Crippen molar-refractivity contribution in [1.29, 1.82) is 0 Å². The van der Waals surface area contributed by atoms with Crippen LogP contribution in [0.15, 0.2) is 0 Å². The predicted octanol–water partition coefficient (Wildman–Crippen LogP) is 2.06. The number of carboxylic acid groups (broad SMARTS) is 1. The molecule has 0 aromatic heterocycles. The molecule has 1 fully saturated rings. The average molecular weight is 298 g/mol. The first kappa shape index (κ1) is 18.0. The van der Waals surface area contributed by atoms with Crippen molar-refractivity contribution in [2.45, 2.75) is 60.0 Å². The maximum absolute atomic E-state index is 12.5. The molecule has 1 saturated heterocycles. The van der Waals surface area contributed by atoms with E-state index in [1.165, 1.54) is 0 Å². The van der Waals surface area contributed by atoms with E-state index < -0.39 is 11.4 Å². The summed E-state index contributed by atoms with van der Waals surface area (Å²) in [6, 6.07) is 0.323. The lowest BCUT2D eigenvalue weighted by molar-refractivity contribution is -0.151. The number of amides is 1. The summed E-state index contributed by atoms with van der Waals surface area (Å²) in [6.45, 7) is 13.4. The van der Waals surface area contributed by atoms with Crippen LogP contribution >= 0.6 is 0 Å². The van der Waals surface area contributed by atoms with Crippen LogP contribution < -0.4 is 0 Å². The molecule has 0 aromatic carbocycles. The molecule has 5 nitrogen and oxygen atoms in total. The molecule has 21 heavy (non-hydrogen) atoms. The minimum atomic E-state index is -0.739. The van der Waals surface area contributed by atoms with Gasteiger partial charge in [-0.2, -0.15) is 0 Å². The van der Waals surface area contributed by atoms with Gasteiger partial charge in [0, 0.05) is 18.6 Å². The van der Waals surface area contributed by atoms with E-state index in [2.05, 4.69) is 0 Å². The van der Waals surface area contributed by atoms with Crippen molar-refractivity contribution in [3.63, 3.8) is 0 Å². The molecule has 1 unspecified atom stereocenters. The summed E-state index contributed by atoms with van der Waals surface area (Å²) in [5.74, 6) is -0.580. The van der Waals surface area contributed by atoms with Crippen LogP contribution in [0.1, 0.15) is 48.0 Å². The molecule has 122 valence electrons. The first-order chi connectivity index (χ1) is 9.61. The summed E-state index contributed by atoms with van der Waals surface area (Å²) in [4.78, 5) is 28.0. The van der Waals surface area contributed by atoms with Crippen LogP contribution in [0, 0.1) is 11.3 Å². The van der Waals surface area contributed by atoms with Gasteiger partial charge in [0.25, 0.3) is 0 Å². The molecule has 1 rings (SSSR count). The molecule has 1 aliphatic heterocycles. The van der Waals surface area contributed by atoms with E-state index in [1.807, 2.05) is 51.3 Å². The standard InChI is InChI=1S/C16H30N2O3/c1-11(2)16(15(20)21)7-8-17(10-16)9-14(19)18(12(3)4)13(5)6/h11-13H,7-10H2,1-6H3,(H,20,21). The predicted molar refractivity (Wildman–Crippen MR) is 83.1 cm³/mol. The Bertz CT molecular complexity index is 385. The van der Waals surface area contributed by atoms with Crippen LogP contribution in [0.4, 0.5) is 0 Å². The van der Waals surface area contributed by atoms with Crippen LogP contribution in [0.3, 0.4) is 0 Å². The van der Waals surface area contributed by atoms with Gasteiger partial charge >= 0.3 is 5.97 Å². The lowest BCUT2D eigenvalue weighted by Crippen LogP contribution is -2.47. The largest absolute Gasteiger partial charge is 0.481 e. The van der Waals surface area contributed by atoms with Crippen molar-refractivity contribution in [2.75, 3.05) is 19.6 Å². The third-order valence-corrected chi connectivity index (χ3v) is 4.67. The number of hydrogen-bond donors (Lipinski definition) is 1. The zero-order valence-electron chi connectivity index (χ0n) is 14.2. The van der Waals surface area contributed by atoms with Gasteiger partial charge in [0.2, 0.25) is 5.91 Å². The number of carboxylic acids is 1. The molecule has 5 heteroatoms. The molecular formula is C16H30N2O3. The van der Waals surface area contributed by atoms with Crippen molar-refractivity contribution < 1.29 is 14.7 Å². The minimum Gasteiger partial charge on any atom is -0.481 e. The molecular weight excluding hydrogens is 268 g/mol. The molecule has 0 spiro atoms. The number of rotatable bonds is 6. The van der Waals surface area contributed by atoms with Crippen LogP contribution in [-0.4, -0.2) is 58.5 Å². The quantitative estimate of drug-likeness (QED) is 0.815. The Hall–Kier alpha value is -1.10. The summed E-state index contributed by atoms with van der Waals surface area (Å²) in [7, 11) is 0. The Morgan fingerprint density at radius 1 is 1.14 bits per heavy atom. The summed E-state index contributed by atoms with van der Waals surface area (Å²) in [5, 5.41) is 9.55. The fourth-order valence-corrected chi connectivity index (χ4v) is 3.39. The van der Waals surface area contributed by atoms with Gasteiger partial charge in [-0.05, 0) is 46.6 Å². The topological polar surface area (TPSA) is 60.9 Å². The fraction of sp³-hybridized carbons (Fsp3) is 0.875. The summed E-state index contributed by atoms with van der Waals surface area (Å²) in [5.41, 5.74) is -0.708. The molecule has 0 aromatic rings. The number of carbonyl (C=O) groups excluding carboxylic acids is 1. The highest BCUT2D eigenvalue weighted by atomic mass is 16.4. The smallest absolute Gasteiger partial charge is 0.311 e. The molecule has 0 saturated carbocycles. The zero-order valence-corrected chi connectivity index (χ0v) is 14.2. The third-order valence-electron chi connectivity index (χ3n) is 4.67.